The second-order valence-corrected chi connectivity index (χ2v) is 4.85. The molecular weight excluding hydrogens is 210 g/mol. The summed E-state index contributed by atoms with van der Waals surface area (Å²) < 4.78 is 0. The lowest BCUT2D eigenvalue weighted by atomic mass is 10.2. The average Bonchev–Trinajstić information content (AvgIpc) is 2.76. The van der Waals surface area contributed by atoms with Gasteiger partial charge in [0.25, 0.3) is 0 Å². The Hall–Kier alpha value is -1.09. The smallest absolute Gasteiger partial charge is 0.133 e. The number of aromatic nitrogens is 1. The lowest BCUT2D eigenvalue weighted by Gasteiger charge is -2.25. The molecule has 1 aliphatic heterocycles. The number of hydrogen-bond acceptors (Lipinski definition) is 3. The van der Waals surface area contributed by atoms with Gasteiger partial charge in [-0.15, -0.1) is 0 Å². The highest BCUT2D eigenvalue weighted by Gasteiger charge is 2.23. The highest BCUT2D eigenvalue weighted by molar-refractivity contribution is 5.48. The molecule has 17 heavy (non-hydrogen) atoms. The van der Waals surface area contributed by atoms with Crippen molar-refractivity contribution in [3.8, 4) is 0 Å². The predicted octanol–water partition coefficient (Wildman–Crippen LogP) is 2.57. The summed E-state index contributed by atoms with van der Waals surface area (Å²) in [6.45, 7) is 7.65. The van der Waals surface area contributed by atoms with Gasteiger partial charge < -0.3 is 10.2 Å². The van der Waals surface area contributed by atoms with Crippen molar-refractivity contribution in [1.29, 1.82) is 0 Å². The Labute approximate surface area is 104 Å². The van der Waals surface area contributed by atoms with Crippen molar-refractivity contribution in [2.75, 3.05) is 18.0 Å². The van der Waals surface area contributed by atoms with Crippen LogP contribution in [0.25, 0.3) is 0 Å². The highest BCUT2D eigenvalue weighted by atomic mass is 15.2. The molecule has 1 fully saturated rings. The molecule has 2 heterocycles. The van der Waals surface area contributed by atoms with Gasteiger partial charge in [0.05, 0.1) is 0 Å². The van der Waals surface area contributed by atoms with Crippen molar-refractivity contribution in [2.24, 2.45) is 0 Å². The topological polar surface area (TPSA) is 28.2 Å². The number of nitrogens with one attached hydrogen (secondary N) is 1. The molecule has 1 aromatic rings. The van der Waals surface area contributed by atoms with Crippen LogP contribution in [0.5, 0.6) is 0 Å². The summed E-state index contributed by atoms with van der Waals surface area (Å²) in [5.41, 5.74) is 1.33. The minimum Gasteiger partial charge on any atom is -0.354 e. The van der Waals surface area contributed by atoms with Gasteiger partial charge in [-0.1, -0.05) is 13.0 Å². The third-order valence-electron chi connectivity index (χ3n) is 3.43. The van der Waals surface area contributed by atoms with Crippen LogP contribution in [0.3, 0.4) is 0 Å². The Morgan fingerprint density at radius 3 is 3.12 bits per heavy atom. The largest absolute Gasteiger partial charge is 0.354 e. The van der Waals surface area contributed by atoms with Crippen molar-refractivity contribution in [3.05, 3.63) is 23.9 Å². The van der Waals surface area contributed by atoms with Gasteiger partial charge in [0.15, 0.2) is 0 Å². The fourth-order valence-electron chi connectivity index (χ4n) is 2.47. The van der Waals surface area contributed by atoms with Gasteiger partial charge in [0, 0.05) is 30.9 Å². The average molecular weight is 233 g/mol. The fourth-order valence-corrected chi connectivity index (χ4v) is 2.47. The molecule has 0 aromatic carbocycles. The van der Waals surface area contributed by atoms with Gasteiger partial charge in [-0.2, -0.15) is 0 Å². The summed E-state index contributed by atoms with van der Waals surface area (Å²) >= 11 is 0. The van der Waals surface area contributed by atoms with Gasteiger partial charge in [-0.3, -0.25) is 0 Å². The quantitative estimate of drug-likeness (QED) is 0.792. The molecule has 94 valence electrons. The van der Waals surface area contributed by atoms with Crippen molar-refractivity contribution >= 4 is 5.82 Å². The van der Waals surface area contributed by atoms with E-state index in [1.54, 1.807) is 0 Å². The number of pyridine rings is 1. The first-order valence-electron chi connectivity index (χ1n) is 6.74. The molecule has 0 spiro atoms. The Bertz CT molecular complexity index is 351. The molecule has 1 atom stereocenters. The van der Waals surface area contributed by atoms with Gasteiger partial charge in [0.1, 0.15) is 5.82 Å². The Morgan fingerprint density at radius 1 is 1.53 bits per heavy atom. The van der Waals surface area contributed by atoms with E-state index >= 15 is 0 Å². The van der Waals surface area contributed by atoms with E-state index in [1.165, 1.54) is 30.6 Å². The van der Waals surface area contributed by atoms with E-state index in [1.807, 2.05) is 12.3 Å². The third-order valence-corrected chi connectivity index (χ3v) is 3.43. The number of anilines is 1. The van der Waals surface area contributed by atoms with E-state index in [4.69, 9.17) is 0 Å². The predicted molar refractivity (Wildman–Crippen MR) is 72.3 cm³/mol. The highest BCUT2D eigenvalue weighted by Crippen LogP contribution is 2.26. The molecule has 0 bridgehead atoms. The van der Waals surface area contributed by atoms with Crippen LogP contribution in [0.2, 0.25) is 0 Å². The van der Waals surface area contributed by atoms with E-state index < -0.39 is 0 Å². The van der Waals surface area contributed by atoms with Crippen LogP contribution in [-0.2, 0) is 6.54 Å². The lowest BCUT2D eigenvalue weighted by molar-refractivity contribution is 0.665. The van der Waals surface area contributed by atoms with E-state index in [2.05, 4.69) is 35.1 Å². The van der Waals surface area contributed by atoms with Gasteiger partial charge in [-0.25, -0.2) is 4.98 Å². The van der Waals surface area contributed by atoms with Crippen LogP contribution in [0.4, 0.5) is 5.82 Å². The summed E-state index contributed by atoms with van der Waals surface area (Å²) in [5, 5.41) is 3.46. The molecule has 0 aliphatic carbocycles. The second kappa shape index (κ2) is 6.01. The standard InChI is InChI=1S/C14H23N3/c1-3-8-15-11-13-7-4-9-16-14(13)17-10-5-6-12(17)2/h4,7,9,12,15H,3,5-6,8,10-11H2,1-2H3. The minimum absolute atomic E-state index is 0.634. The van der Waals surface area contributed by atoms with Crippen molar-refractivity contribution < 1.29 is 0 Å². The number of rotatable bonds is 5. The molecule has 3 nitrogen and oxygen atoms in total. The van der Waals surface area contributed by atoms with Crippen molar-refractivity contribution in [2.45, 2.75) is 45.7 Å². The van der Waals surface area contributed by atoms with Crippen molar-refractivity contribution in [1.82, 2.24) is 10.3 Å². The van der Waals surface area contributed by atoms with Crippen LogP contribution in [-0.4, -0.2) is 24.1 Å². The SMILES string of the molecule is CCCNCc1cccnc1N1CCCC1C. The molecule has 2 rings (SSSR count). The fraction of sp³-hybridized carbons (Fsp3) is 0.643. The van der Waals surface area contributed by atoms with Crippen LogP contribution < -0.4 is 10.2 Å². The van der Waals surface area contributed by atoms with E-state index in [-0.39, 0.29) is 0 Å². The van der Waals surface area contributed by atoms with E-state index in [0.29, 0.717) is 6.04 Å². The van der Waals surface area contributed by atoms with Gasteiger partial charge >= 0.3 is 0 Å². The normalized spacial score (nSPS) is 19.9. The van der Waals surface area contributed by atoms with Gasteiger partial charge in [-0.05, 0) is 38.8 Å². The summed E-state index contributed by atoms with van der Waals surface area (Å²) in [6, 6.07) is 4.86. The molecule has 1 unspecified atom stereocenters. The molecular formula is C14H23N3. The van der Waals surface area contributed by atoms with Crippen LogP contribution in [0.1, 0.15) is 38.7 Å². The molecule has 0 amide bonds. The zero-order valence-electron chi connectivity index (χ0n) is 10.9. The maximum absolute atomic E-state index is 4.58. The molecule has 0 saturated carbocycles. The Kier molecular flexibility index (Phi) is 4.37. The summed E-state index contributed by atoms with van der Waals surface area (Å²) in [6.07, 6.45) is 5.66. The number of nitrogens with zero attached hydrogens (tertiary/aromatic N) is 2. The number of hydrogen-bond donors (Lipinski definition) is 1. The zero-order chi connectivity index (χ0) is 12.1. The molecule has 3 heteroatoms. The summed E-state index contributed by atoms with van der Waals surface area (Å²) in [5.74, 6) is 1.18. The molecule has 0 radical (unpaired) electrons. The van der Waals surface area contributed by atoms with E-state index in [9.17, 15) is 0 Å². The monoisotopic (exact) mass is 233 g/mol. The zero-order valence-corrected chi connectivity index (χ0v) is 10.9. The minimum atomic E-state index is 0.634. The third kappa shape index (κ3) is 2.97. The van der Waals surface area contributed by atoms with Crippen LogP contribution in [0.15, 0.2) is 18.3 Å². The van der Waals surface area contributed by atoms with Gasteiger partial charge in [0.2, 0.25) is 0 Å². The maximum atomic E-state index is 4.58. The Balaban J connectivity index is 2.09. The lowest BCUT2D eigenvalue weighted by Crippen LogP contribution is -2.29. The van der Waals surface area contributed by atoms with Crippen LogP contribution >= 0.6 is 0 Å². The first kappa shape index (κ1) is 12.4. The molecule has 1 aliphatic rings. The summed E-state index contributed by atoms with van der Waals surface area (Å²) in [4.78, 5) is 7.02. The molecule has 1 saturated heterocycles. The van der Waals surface area contributed by atoms with Crippen LogP contribution in [0, 0.1) is 0 Å². The first-order valence-corrected chi connectivity index (χ1v) is 6.74. The Morgan fingerprint density at radius 2 is 2.41 bits per heavy atom. The second-order valence-electron chi connectivity index (χ2n) is 4.85. The molecule has 1 aromatic heterocycles. The van der Waals surface area contributed by atoms with Crippen molar-refractivity contribution in [3.63, 3.8) is 0 Å². The maximum Gasteiger partial charge on any atom is 0.133 e. The summed E-state index contributed by atoms with van der Waals surface area (Å²) in [7, 11) is 0. The first-order chi connectivity index (χ1) is 8.33. The molecule has 1 N–H and O–H groups in total. The van der Waals surface area contributed by atoms with E-state index in [0.717, 1.165) is 19.6 Å².